The second kappa shape index (κ2) is 5.34. The topological polar surface area (TPSA) is 37.8 Å². The predicted octanol–water partition coefficient (Wildman–Crippen LogP) is 3.88. The van der Waals surface area contributed by atoms with Crippen molar-refractivity contribution in [1.29, 1.82) is 0 Å². The number of halogens is 2. The smallest absolute Gasteiger partial charge is 0.152 e. The molecule has 1 aromatic carbocycles. The normalized spacial score (nSPS) is 10.3. The number of benzene rings is 1. The second-order valence-electron chi connectivity index (χ2n) is 3.38. The van der Waals surface area contributed by atoms with Crippen molar-refractivity contribution in [2.45, 2.75) is 6.92 Å². The molecular formula is C12H11Cl2N3. The van der Waals surface area contributed by atoms with Crippen molar-refractivity contribution in [2.75, 3.05) is 11.9 Å². The van der Waals surface area contributed by atoms with E-state index in [0.717, 1.165) is 6.54 Å². The Kier molecular flexibility index (Phi) is 3.82. The summed E-state index contributed by atoms with van der Waals surface area (Å²) in [7, 11) is 0. The molecule has 0 bridgehead atoms. The van der Waals surface area contributed by atoms with Crippen LogP contribution >= 0.6 is 23.2 Å². The summed E-state index contributed by atoms with van der Waals surface area (Å²) in [6.45, 7) is 2.75. The van der Waals surface area contributed by atoms with Crippen LogP contribution in [0, 0.1) is 0 Å². The van der Waals surface area contributed by atoms with Crippen LogP contribution in [0.1, 0.15) is 6.92 Å². The first-order valence-electron chi connectivity index (χ1n) is 5.23. The van der Waals surface area contributed by atoms with Crippen molar-refractivity contribution in [3.8, 4) is 11.3 Å². The van der Waals surface area contributed by atoms with Gasteiger partial charge in [-0.2, -0.15) is 0 Å². The van der Waals surface area contributed by atoms with E-state index in [9.17, 15) is 0 Å². The Morgan fingerprint density at radius 3 is 2.41 bits per heavy atom. The summed E-state index contributed by atoms with van der Waals surface area (Å²) in [4.78, 5) is 8.53. The van der Waals surface area contributed by atoms with Gasteiger partial charge >= 0.3 is 0 Å². The van der Waals surface area contributed by atoms with E-state index >= 15 is 0 Å². The highest BCUT2D eigenvalue weighted by Crippen LogP contribution is 2.36. The van der Waals surface area contributed by atoms with Crippen molar-refractivity contribution < 1.29 is 0 Å². The van der Waals surface area contributed by atoms with Gasteiger partial charge in [0.05, 0.1) is 10.0 Å². The molecule has 0 aliphatic rings. The maximum Gasteiger partial charge on any atom is 0.152 e. The number of hydrogen-bond donors (Lipinski definition) is 1. The third-order valence-electron chi connectivity index (χ3n) is 2.24. The van der Waals surface area contributed by atoms with Gasteiger partial charge in [0.1, 0.15) is 5.69 Å². The first-order valence-corrected chi connectivity index (χ1v) is 5.99. The molecular weight excluding hydrogens is 257 g/mol. The molecule has 0 unspecified atom stereocenters. The van der Waals surface area contributed by atoms with Crippen LogP contribution in [0.15, 0.2) is 30.6 Å². The fourth-order valence-electron chi connectivity index (χ4n) is 1.54. The zero-order valence-electron chi connectivity index (χ0n) is 9.24. The molecule has 0 saturated carbocycles. The summed E-state index contributed by atoms with van der Waals surface area (Å²) < 4.78 is 0. The number of rotatable bonds is 3. The van der Waals surface area contributed by atoms with Crippen LogP contribution in [0.4, 0.5) is 5.82 Å². The average molecular weight is 268 g/mol. The van der Waals surface area contributed by atoms with Gasteiger partial charge in [-0.1, -0.05) is 29.3 Å². The SMILES string of the molecule is CCNc1nccnc1-c1c(Cl)cccc1Cl. The molecule has 0 amide bonds. The van der Waals surface area contributed by atoms with Gasteiger partial charge in [-0.3, -0.25) is 4.98 Å². The lowest BCUT2D eigenvalue weighted by Gasteiger charge is -2.10. The van der Waals surface area contributed by atoms with Crippen LogP contribution in [0.25, 0.3) is 11.3 Å². The summed E-state index contributed by atoms with van der Waals surface area (Å²) in [6, 6.07) is 5.37. The molecule has 0 aliphatic heterocycles. The number of hydrogen-bond acceptors (Lipinski definition) is 3. The third kappa shape index (κ3) is 2.51. The van der Waals surface area contributed by atoms with Gasteiger partial charge in [0, 0.05) is 24.5 Å². The molecule has 1 heterocycles. The van der Waals surface area contributed by atoms with E-state index in [1.54, 1.807) is 30.6 Å². The molecule has 0 radical (unpaired) electrons. The van der Waals surface area contributed by atoms with E-state index in [2.05, 4.69) is 15.3 Å². The monoisotopic (exact) mass is 267 g/mol. The molecule has 1 aromatic heterocycles. The minimum absolute atomic E-state index is 0.567. The third-order valence-corrected chi connectivity index (χ3v) is 2.87. The minimum atomic E-state index is 0.567. The Morgan fingerprint density at radius 2 is 1.76 bits per heavy atom. The predicted molar refractivity (Wildman–Crippen MR) is 71.7 cm³/mol. The van der Waals surface area contributed by atoms with Crippen molar-refractivity contribution in [3.05, 3.63) is 40.6 Å². The van der Waals surface area contributed by atoms with Crippen molar-refractivity contribution in [1.82, 2.24) is 9.97 Å². The van der Waals surface area contributed by atoms with Crippen molar-refractivity contribution >= 4 is 29.0 Å². The summed E-state index contributed by atoms with van der Waals surface area (Å²) >= 11 is 12.3. The zero-order chi connectivity index (χ0) is 12.3. The summed E-state index contributed by atoms with van der Waals surface area (Å²) in [5, 5.41) is 4.27. The maximum absolute atomic E-state index is 6.16. The van der Waals surface area contributed by atoms with Crippen molar-refractivity contribution in [2.24, 2.45) is 0 Å². The highest BCUT2D eigenvalue weighted by molar-refractivity contribution is 6.39. The molecule has 1 N–H and O–H groups in total. The van der Waals surface area contributed by atoms with E-state index in [1.165, 1.54) is 0 Å². The summed E-state index contributed by atoms with van der Waals surface area (Å²) in [6.07, 6.45) is 3.25. The fourth-order valence-corrected chi connectivity index (χ4v) is 2.12. The Hall–Kier alpha value is -1.32. The van der Waals surface area contributed by atoms with E-state index in [1.807, 2.05) is 6.92 Å². The molecule has 0 atom stereocenters. The molecule has 2 aromatic rings. The highest BCUT2D eigenvalue weighted by atomic mass is 35.5. The molecule has 0 fully saturated rings. The van der Waals surface area contributed by atoms with E-state index in [-0.39, 0.29) is 0 Å². The Morgan fingerprint density at radius 1 is 1.12 bits per heavy atom. The standard InChI is InChI=1S/C12H11Cl2N3/c1-2-15-12-11(16-6-7-17-12)10-8(13)4-3-5-9(10)14/h3-7H,2H2,1H3,(H,15,17). The molecule has 5 heteroatoms. The van der Waals surface area contributed by atoms with Crippen LogP contribution in [0.3, 0.4) is 0 Å². The van der Waals surface area contributed by atoms with E-state index < -0.39 is 0 Å². The maximum atomic E-state index is 6.16. The van der Waals surface area contributed by atoms with E-state index in [0.29, 0.717) is 27.1 Å². The van der Waals surface area contributed by atoms with Crippen molar-refractivity contribution in [3.63, 3.8) is 0 Å². The van der Waals surface area contributed by atoms with E-state index in [4.69, 9.17) is 23.2 Å². The summed E-state index contributed by atoms with van der Waals surface area (Å²) in [5.41, 5.74) is 1.38. The molecule has 2 rings (SSSR count). The van der Waals surface area contributed by atoms with Crippen LogP contribution < -0.4 is 5.32 Å². The fraction of sp³-hybridized carbons (Fsp3) is 0.167. The Bertz CT molecular complexity index is 509. The largest absolute Gasteiger partial charge is 0.369 e. The lowest BCUT2D eigenvalue weighted by atomic mass is 10.1. The van der Waals surface area contributed by atoms with Gasteiger partial charge in [0.15, 0.2) is 5.82 Å². The first kappa shape index (κ1) is 12.1. The van der Waals surface area contributed by atoms with Crippen LogP contribution in [0.2, 0.25) is 10.0 Å². The molecule has 88 valence electrons. The van der Waals surface area contributed by atoms with Gasteiger partial charge in [-0.15, -0.1) is 0 Å². The van der Waals surface area contributed by atoms with Gasteiger partial charge in [-0.25, -0.2) is 4.98 Å². The quantitative estimate of drug-likeness (QED) is 0.917. The minimum Gasteiger partial charge on any atom is -0.369 e. The lowest BCUT2D eigenvalue weighted by Crippen LogP contribution is -2.02. The Labute approximate surface area is 110 Å². The molecule has 0 aliphatic carbocycles. The van der Waals surface area contributed by atoms with Gasteiger partial charge in [0.25, 0.3) is 0 Å². The molecule has 17 heavy (non-hydrogen) atoms. The zero-order valence-corrected chi connectivity index (χ0v) is 10.8. The average Bonchev–Trinajstić information content (AvgIpc) is 2.31. The van der Waals surface area contributed by atoms with Gasteiger partial charge in [-0.05, 0) is 19.1 Å². The number of nitrogens with zero attached hydrogens (tertiary/aromatic N) is 2. The number of anilines is 1. The summed E-state index contributed by atoms with van der Waals surface area (Å²) in [5.74, 6) is 0.685. The Balaban J connectivity index is 2.60. The van der Waals surface area contributed by atoms with Crippen LogP contribution in [0.5, 0.6) is 0 Å². The van der Waals surface area contributed by atoms with Gasteiger partial charge < -0.3 is 5.32 Å². The van der Waals surface area contributed by atoms with Crippen LogP contribution in [-0.4, -0.2) is 16.5 Å². The number of aromatic nitrogens is 2. The lowest BCUT2D eigenvalue weighted by molar-refractivity contribution is 1.12. The van der Waals surface area contributed by atoms with Gasteiger partial charge in [0.2, 0.25) is 0 Å². The molecule has 3 nitrogen and oxygen atoms in total. The second-order valence-corrected chi connectivity index (χ2v) is 4.19. The highest BCUT2D eigenvalue weighted by Gasteiger charge is 2.14. The van der Waals surface area contributed by atoms with Crippen LogP contribution in [-0.2, 0) is 0 Å². The molecule has 0 spiro atoms. The first-order chi connectivity index (χ1) is 8.24. The molecule has 0 saturated heterocycles. The number of nitrogens with one attached hydrogen (secondary N) is 1.